The van der Waals surface area contributed by atoms with Gasteiger partial charge in [0.25, 0.3) is 0 Å². The van der Waals surface area contributed by atoms with E-state index in [1.165, 1.54) is 10.5 Å². The molecule has 0 N–H and O–H groups in total. The summed E-state index contributed by atoms with van der Waals surface area (Å²) in [5, 5.41) is 1.01. The maximum atomic E-state index is 4.42. The highest BCUT2D eigenvalue weighted by atomic mass is 79.9. The summed E-state index contributed by atoms with van der Waals surface area (Å²) in [6.07, 6.45) is 0. The molecular weight excluding hydrogens is 306 g/mol. The van der Waals surface area contributed by atoms with Gasteiger partial charge in [-0.05, 0) is 51.2 Å². The average molecular weight is 322 g/mol. The van der Waals surface area contributed by atoms with E-state index >= 15 is 0 Å². The molecule has 0 saturated heterocycles. The van der Waals surface area contributed by atoms with Gasteiger partial charge in [-0.15, -0.1) is 0 Å². The lowest BCUT2D eigenvalue weighted by Gasteiger charge is -2.18. The van der Waals surface area contributed by atoms with Crippen LogP contribution < -0.4 is 0 Å². The van der Waals surface area contributed by atoms with Crippen molar-refractivity contribution in [3.63, 3.8) is 0 Å². The Morgan fingerprint density at radius 1 is 1.00 bits per heavy atom. The molecule has 0 fully saturated rings. The van der Waals surface area contributed by atoms with Gasteiger partial charge in [0.2, 0.25) is 0 Å². The number of benzene rings is 1. The SMILES string of the molecule is CC(C)(C)c1ccc(Sc2cccc(Br)n2)cc1. The molecule has 2 aromatic rings. The van der Waals surface area contributed by atoms with Crippen LogP contribution in [0.25, 0.3) is 0 Å². The van der Waals surface area contributed by atoms with Crippen molar-refractivity contribution in [2.24, 2.45) is 0 Å². The third-order valence-electron chi connectivity index (χ3n) is 2.63. The Bertz CT molecular complexity index is 529. The molecule has 0 aliphatic rings. The van der Waals surface area contributed by atoms with Gasteiger partial charge in [-0.1, -0.05) is 50.7 Å². The molecule has 0 bridgehead atoms. The van der Waals surface area contributed by atoms with Gasteiger partial charge in [-0.2, -0.15) is 0 Å². The monoisotopic (exact) mass is 321 g/mol. The third-order valence-corrected chi connectivity index (χ3v) is 4.02. The molecule has 1 heterocycles. The van der Waals surface area contributed by atoms with Gasteiger partial charge in [0.05, 0.1) is 0 Å². The molecule has 1 aromatic carbocycles. The molecule has 0 radical (unpaired) electrons. The first-order chi connectivity index (χ1) is 8.45. The minimum atomic E-state index is 0.206. The van der Waals surface area contributed by atoms with Gasteiger partial charge in [-0.25, -0.2) is 4.98 Å². The van der Waals surface area contributed by atoms with Gasteiger partial charge in [-0.3, -0.25) is 0 Å². The number of nitrogens with zero attached hydrogens (tertiary/aromatic N) is 1. The van der Waals surface area contributed by atoms with E-state index in [1.807, 2.05) is 18.2 Å². The van der Waals surface area contributed by atoms with Gasteiger partial charge >= 0.3 is 0 Å². The Hall–Kier alpha value is -0.800. The van der Waals surface area contributed by atoms with Crippen LogP contribution >= 0.6 is 27.7 Å². The van der Waals surface area contributed by atoms with E-state index in [9.17, 15) is 0 Å². The zero-order valence-corrected chi connectivity index (χ0v) is 13.2. The second kappa shape index (κ2) is 5.45. The molecule has 0 saturated carbocycles. The molecule has 94 valence electrons. The van der Waals surface area contributed by atoms with E-state index < -0.39 is 0 Å². The summed E-state index contributed by atoms with van der Waals surface area (Å²) in [5.41, 5.74) is 1.56. The van der Waals surface area contributed by atoms with Crippen LogP contribution in [0.15, 0.2) is 57.0 Å². The van der Waals surface area contributed by atoms with E-state index in [0.29, 0.717) is 0 Å². The molecule has 18 heavy (non-hydrogen) atoms. The van der Waals surface area contributed by atoms with Crippen molar-refractivity contribution < 1.29 is 0 Å². The second-order valence-corrected chi connectivity index (χ2v) is 7.08. The summed E-state index contributed by atoms with van der Waals surface area (Å²) >= 11 is 5.07. The third kappa shape index (κ3) is 3.59. The number of hydrogen-bond donors (Lipinski definition) is 0. The van der Waals surface area contributed by atoms with Crippen LogP contribution in [0.1, 0.15) is 26.3 Å². The topological polar surface area (TPSA) is 12.9 Å². The lowest BCUT2D eigenvalue weighted by Crippen LogP contribution is -2.10. The minimum Gasteiger partial charge on any atom is -0.234 e. The first-order valence-electron chi connectivity index (χ1n) is 5.86. The van der Waals surface area contributed by atoms with E-state index in [4.69, 9.17) is 0 Å². The van der Waals surface area contributed by atoms with Crippen molar-refractivity contribution in [3.05, 3.63) is 52.6 Å². The van der Waals surface area contributed by atoms with E-state index in [2.05, 4.69) is 66.0 Å². The van der Waals surface area contributed by atoms with Gasteiger partial charge in [0.15, 0.2) is 0 Å². The van der Waals surface area contributed by atoms with E-state index in [1.54, 1.807) is 11.8 Å². The Morgan fingerprint density at radius 3 is 2.22 bits per heavy atom. The summed E-state index contributed by atoms with van der Waals surface area (Å²) in [6.45, 7) is 6.68. The van der Waals surface area contributed by atoms with Crippen LogP contribution in [-0.2, 0) is 5.41 Å². The fraction of sp³-hybridized carbons (Fsp3) is 0.267. The van der Waals surface area contributed by atoms with Gasteiger partial charge in [0, 0.05) is 4.90 Å². The predicted molar refractivity (Wildman–Crippen MR) is 81.2 cm³/mol. The molecule has 0 spiro atoms. The first-order valence-corrected chi connectivity index (χ1v) is 7.47. The Morgan fingerprint density at radius 2 is 1.67 bits per heavy atom. The van der Waals surface area contributed by atoms with Crippen molar-refractivity contribution in [2.45, 2.75) is 36.1 Å². The predicted octanol–water partition coefficient (Wildman–Crippen LogP) is 5.29. The molecule has 0 amide bonds. The number of aromatic nitrogens is 1. The Balaban J connectivity index is 2.16. The number of pyridine rings is 1. The summed E-state index contributed by atoms with van der Waals surface area (Å²) in [5.74, 6) is 0. The molecule has 2 rings (SSSR count). The van der Waals surface area contributed by atoms with Crippen molar-refractivity contribution >= 4 is 27.7 Å². The lowest BCUT2D eigenvalue weighted by atomic mass is 9.87. The fourth-order valence-electron chi connectivity index (χ4n) is 1.59. The summed E-state index contributed by atoms with van der Waals surface area (Å²) < 4.78 is 0.874. The molecule has 0 aliphatic carbocycles. The van der Waals surface area contributed by atoms with Crippen LogP contribution in [0.5, 0.6) is 0 Å². The normalized spacial score (nSPS) is 11.6. The number of rotatable bonds is 2. The Labute approximate surface area is 121 Å². The first kappa shape index (κ1) is 13.6. The smallest absolute Gasteiger partial charge is 0.107 e. The lowest BCUT2D eigenvalue weighted by molar-refractivity contribution is 0.590. The van der Waals surface area contributed by atoms with Crippen molar-refractivity contribution in [1.82, 2.24) is 4.98 Å². The number of hydrogen-bond acceptors (Lipinski definition) is 2. The molecule has 0 aliphatic heterocycles. The van der Waals surface area contributed by atoms with Gasteiger partial charge < -0.3 is 0 Å². The highest BCUT2D eigenvalue weighted by molar-refractivity contribution is 9.10. The Kier molecular flexibility index (Phi) is 4.13. The van der Waals surface area contributed by atoms with Crippen LogP contribution in [0.3, 0.4) is 0 Å². The summed E-state index contributed by atoms with van der Waals surface area (Å²) in [7, 11) is 0. The van der Waals surface area contributed by atoms with Crippen molar-refractivity contribution in [2.75, 3.05) is 0 Å². The summed E-state index contributed by atoms with van der Waals surface area (Å²) in [6, 6.07) is 14.7. The van der Waals surface area contributed by atoms with Gasteiger partial charge in [0.1, 0.15) is 9.63 Å². The molecule has 1 aromatic heterocycles. The maximum Gasteiger partial charge on any atom is 0.107 e. The second-order valence-electron chi connectivity index (χ2n) is 5.17. The van der Waals surface area contributed by atoms with Crippen LogP contribution in [0, 0.1) is 0 Å². The maximum absolute atomic E-state index is 4.42. The van der Waals surface area contributed by atoms with Crippen LogP contribution in [0.4, 0.5) is 0 Å². The molecular formula is C15H16BrNS. The van der Waals surface area contributed by atoms with Crippen molar-refractivity contribution in [3.8, 4) is 0 Å². The zero-order valence-electron chi connectivity index (χ0n) is 10.8. The van der Waals surface area contributed by atoms with E-state index in [-0.39, 0.29) is 5.41 Å². The molecule has 0 atom stereocenters. The average Bonchev–Trinajstić information content (AvgIpc) is 2.28. The standard InChI is InChI=1S/C15H16BrNS/c1-15(2,3)11-7-9-12(10-8-11)18-14-6-4-5-13(16)17-14/h4-10H,1-3H3. The minimum absolute atomic E-state index is 0.206. The highest BCUT2D eigenvalue weighted by Crippen LogP contribution is 2.29. The molecule has 1 nitrogen and oxygen atoms in total. The van der Waals surface area contributed by atoms with E-state index in [0.717, 1.165) is 9.63 Å². The highest BCUT2D eigenvalue weighted by Gasteiger charge is 2.12. The quantitative estimate of drug-likeness (QED) is 0.697. The van der Waals surface area contributed by atoms with Crippen molar-refractivity contribution in [1.29, 1.82) is 0 Å². The zero-order chi connectivity index (χ0) is 13.2. The molecule has 0 unspecified atom stereocenters. The van der Waals surface area contributed by atoms with Crippen LogP contribution in [-0.4, -0.2) is 4.98 Å². The number of halogens is 1. The largest absolute Gasteiger partial charge is 0.234 e. The fourth-order valence-corrected chi connectivity index (χ4v) is 2.86. The summed E-state index contributed by atoms with van der Waals surface area (Å²) in [4.78, 5) is 5.64. The molecule has 3 heteroatoms. The van der Waals surface area contributed by atoms with Crippen LogP contribution in [0.2, 0.25) is 0 Å².